The molecule has 2 amide bonds. The molecule has 8 heteroatoms. The van der Waals surface area contributed by atoms with E-state index < -0.39 is 35.0 Å². The van der Waals surface area contributed by atoms with Gasteiger partial charge >= 0.3 is 5.97 Å². The number of carbonyl (C=O) groups excluding carboxylic acids is 2. The zero-order valence-corrected chi connectivity index (χ0v) is 18.2. The quantitative estimate of drug-likeness (QED) is 0.407. The van der Waals surface area contributed by atoms with Crippen LogP contribution in [0, 0.1) is 11.8 Å². The standard InChI is InChI=1S/C22H34N2O6/c1-5-11-23(14(3)4)19(27)17-22-10-9-21(6-2,30-22)16(20(28)29)15(22)18(26)24(17)12-7-8-13-25/h5,14-17,25H,1,6-13H2,2-4H3,(H,28,29)/t15-,16+,17?,21-,22?/m0/s1. The minimum absolute atomic E-state index is 0.00298. The monoisotopic (exact) mass is 422 g/mol. The van der Waals surface area contributed by atoms with Crippen molar-refractivity contribution < 1.29 is 29.3 Å². The molecule has 0 aromatic rings. The number of carbonyl (C=O) groups is 3. The fourth-order valence-electron chi connectivity index (χ4n) is 5.86. The molecule has 3 saturated heterocycles. The average molecular weight is 423 g/mol. The Labute approximate surface area is 177 Å². The zero-order chi connectivity index (χ0) is 22.3. The Morgan fingerprint density at radius 1 is 1.37 bits per heavy atom. The molecule has 5 atom stereocenters. The number of aliphatic hydroxyl groups is 1. The van der Waals surface area contributed by atoms with Crippen molar-refractivity contribution in [1.29, 1.82) is 0 Å². The van der Waals surface area contributed by atoms with Gasteiger partial charge in [0.25, 0.3) is 0 Å². The molecule has 0 aliphatic carbocycles. The molecular formula is C22H34N2O6. The summed E-state index contributed by atoms with van der Waals surface area (Å²) in [6.45, 7) is 10.1. The summed E-state index contributed by atoms with van der Waals surface area (Å²) in [5.74, 6) is -3.37. The smallest absolute Gasteiger partial charge is 0.310 e. The van der Waals surface area contributed by atoms with Gasteiger partial charge in [-0.2, -0.15) is 0 Å². The van der Waals surface area contributed by atoms with Crippen LogP contribution in [-0.2, 0) is 19.1 Å². The number of nitrogens with zero attached hydrogens (tertiary/aromatic N) is 2. The number of hydrogen-bond acceptors (Lipinski definition) is 5. The lowest BCUT2D eigenvalue weighted by atomic mass is 9.65. The molecule has 2 unspecified atom stereocenters. The van der Waals surface area contributed by atoms with Crippen molar-refractivity contribution in [1.82, 2.24) is 9.80 Å². The van der Waals surface area contributed by atoms with Crippen molar-refractivity contribution in [2.45, 2.75) is 76.2 Å². The zero-order valence-electron chi connectivity index (χ0n) is 18.2. The van der Waals surface area contributed by atoms with E-state index in [-0.39, 0.29) is 24.5 Å². The number of amides is 2. The summed E-state index contributed by atoms with van der Waals surface area (Å²) in [5.41, 5.74) is -2.01. The number of carboxylic acid groups (broad SMARTS) is 1. The van der Waals surface area contributed by atoms with Crippen LogP contribution in [0.3, 0.4) is 0 Å². The van der Waals surface area contributed by atoms with Gasteiger partial charge in [0.2, 0.25) is 11.8 Å². The highest BCUT2D eigenvalue weighted by Crippen LogP contribution is 2.64. The average Bonchev–Trinajstić information content (AvgIpc) is 3.30. The summed E-state index contributed by atoms with van der Waals surface area (Å²) < 4.78 is 6.48. The number of carboxylic acids is 1. The molecule has 2 bridgehead atoms. The first-order valence-corrected chi connectivity index (χ1v) is 11.0. The summed E-state index contributed by atoms with van der Waals surface area (Å²) >= 11 is 0. The number of hydrogen-bond donors (Lipinski definition) is 2. The lowest BCUT2D eigenvalue weighted by molar-refractivity contribution is -0.158. The van der Waals surface area contributed by atoms with Gasteiger partial charge in [0, 0.05) is 25.7 Å². The van der Waals surface area contributed by atoms with Crippen molar-refractivity contribution in [3.05, 3.63) is 12.7 Å². The van der Waals surface area contributed by atoms with Crippen molar-refractivity contribution in [2.24, 2.45) is 11.8 Å². The predicted molar refractivity (Wildman–Crippen MR) is 110 cm³/mol. The number of ether oxygens (including phenoxy) is 1. The van der Waals surface area contributed by atoms with Crippen LogP contribution in [0.15, 0.2) is 12.7 Å². The molecule has 168 valence electrons. The van der Waals surface area contributed by atoms with Crippen LogP contribution in [0.25, 0.3) is 0 Å². The van der Waals surface area contributed by atoms with Gasteiger partial charge in [-0.05, 0) is 46.0 Å². The molecule has 0 aromatic heterocycles. The van der Waals surface area contributed by atoms with Gasteiger partial charge in [-0.15, -0.1) is 6.58 Å². The normalized spacial score (nSPS) is 34.5. The molecule has 1 spiro atoms. The summed E-state index contributed by atoms with van der Waals surface area (Å²) in [7, 11) is 0. The van der Waals surface area contributed by atoms with E-state index in [1.165, 1.54) is 4.90 Å². The van der Waals surface area contributed by atoms with Gasteiger partial charge in [0.15, 0.2) is 0 Å². The molecule has 30 heavy (non-hydrogen) atoms. The lowest BCUT2D eigenvalue weighted by Crippen LogP contribution is -2.57. The minimum atomic E-state index is -1.11. The van der Waals surface area contributed by atoms with Gasteiger partial charge < -0.3 is 24.7 Å². The Balaban J connectivity index is 2.07. The maximum absolute atomic E-state index is 13.8. The van der Waals surface area contributed by atoms with Gasteiger partial charge in [0.05, 0.1) is 11.5 Å². The molecule has 2 N–H and O–H groups in total. The minimum Gasteiger partial charge on any atom is -0.481 e. The van der Waals surface area contributed by atoms with Crippen LogP contribution >= 0.6 is 0 Å². The first-order valence-electron chi connectivity index (χ1n) is 11.0. The second-order valence-electron chi connectivity index (χ2n) is 9.01. The molecular weight excluding hydrogens is 388 g/mol. The molecule has 0 aromatic carbocycles. The summed E-state index contributed by atoms with van der Waals surface area (Å²) in [4.78, 5) is 42.7. The number of aliphatic hydroxyl groups excluding tert-OH is 1. The highest BCUT2D eigenvalue weighted by Gasteiger charge is 2.79. The third kappa shape index (κ3) is 3.15. The van der Waals surface area contributed by atoms with Gasteiger partial charge in [-0.1, -0.05) is 13.0 Å². The second kappa shape index (κ2) is 8.30. The van der Waals surface area contributed by atoms with Crippen molar-refractivity contribution in [3.8, 4) is 0 Å². The third-order valence-corrected chi connectivity index (χ3v) is 7.22. The van der Waals surface area contributed by atoms with E-state index in [0.717, 1.165) is 0 Å². The summed E-state index contributed by atoms with van der Waals surface area (Å²) in [5, 5.41) is 19.2. The summed E-state index contributed by atoms with van der Waals surface area (Å²) in [6.07, 6.45) is 4.21. The topological polar surface area (TPSA) is 107 Å². The van der Waals surface area contributed by atoms with Crippen molar-refractivity contribution in [3.63, 3.8) is 0 Å². The largest absolute Gasteiger partial charge is 0.481 e. The van der Waals surface area contributed by atoms with E-state index in [1.807, 2.05) is 20.8 Å². The first kappa shape index (κ1) is 22.7. The highest BCUT2D eigenvalue weighted by molar-refractivity contribution is 5.98. The van der Waals surface area contributed by atoms with Crippen LogP contribution in [0.5, 0.6) is 0 Å². The molecule has 3 aliphatic heterocycles. The molecule has 3 heterocycles. The second-order valence-corrected chi connectivity index (χ2v) is 9.01. The van der Waals surface area contributed by atoms with Gasteiger partial charge in [0.1, 0.15) is 17.6 Å². The molecule has 8 nitrogen and oxygen atoms in total. The highest BCUT2D eigenvalue weighted by atomic mass is 16.5. The van der Waals surface area contributed by atoms with E-state index in [1.54, 1.807) is 11.0 Å². The Hall–Kier alpha value is -1.93. The Morgan fingerprint density at radius 2 is 2.07 bits per heavy atom. The third-order valence-electron chi connectivity index (χ3n) is 7.22. The maximum Gasteiger partial charge on any atom is 0.310 e. The Bertz CT molecular complexity index is 724. The van der Waals surface area contributed by atoms with Crippen LogP contribution < -0.4 is 0 Å². The van der Waals surface area contributed by atoms with E-state index in [2.05, 4.69) is 6.58 Å². The number of rotatable bonds is 10. The van der Waals surface area contributed by atoms with Crippen molar-refractivity contribution >= 4 is 17.8 Å². The number of unbranched alkanes of at least 4 members (excludes halogenated alkanes) is 1. The molecule has 3 rings (SSSR count). The fraction of sp³-hybridized carbons (Fsp3) is 0.773. The van der Waals surface area contributed by atoms with Crippen LogP contribution in [0.4, 0.5) is 0 Å². The molecule has 0 radical (unpaired) electrons. The van der Waals surface area contributed by atoms with Crippen molar-refractivity contribution in [2.75, 3.05) is 19.7 Å². The molecule has 3 fully saturated rings. The molecule has 0 saturated carbocycles. The first-order chi connectivity index (χ1) is 14.2. The van der Waals surface area contributed by atoms with E-state index in [9.17, 15) is 19.5 Å². The van der Waals surface area contributed by atoms with Gasteiger partial charge in [-0.3, -0.25) is 14.4 Å². The fourth-order valence-corrected chi connectivity index (χ4v) is 5.86. The Kier molecular flexibility index (Phi) is 6.30. The number of aliphatic carboxylic acids is 1. The lowest BCUT2D eigenvalue weighted by Gasteiger charge is -2.38. The molecule has 3 aliphatic rings. The SMILES string of the molecule is C=CCN(C(=O)C1N(CCCCO)C(=O)[C@@H]2[C@H](C(=O)O)[C@]3(CC)CCC12O3)C(C)C. The van der Waals surface area contributed by atoms with Gasteiger partial charge in [-0.25, -0.2) is 0 Å². The maximum atomic E-state index is 13.8. The number of fused-ring (bicyclic) bond motifs is 1. The number of likely N-dealkylation sites (tertiary alicyclic amines) is 1. The van der Waals surface area contributed by atoms with Crippen LogP contribution in [-0.4, -0.2) is 80.8 Å². The summed E-state index contributed by atoms with van der Waals surface area (Å²) in [6, 6.07) is -0.955. The predicted octanol–water partition coefficient (Wildman–Crippen LogP) is 1.42. The van der Waals surface area contributed by atoms with E-state index in [0.29, 0.717) is 45.2 Å². The van der Waals surface area contributed by atoms with E-state index in [4.69, 9.17) is 9.84 Å². The van der Waals surface area contributed by atoms with E-state index >= 15 is 0 Å². The Morgan fingerprint density at radius 3 is 2.60 bits per heavy atom. The van der Waals surface area contributed by atoms with Crippen LogP contribution in [0.2, 0.25) is 0 Å². The van der Waals surface area contributed by atoms with Crippen LogP contribution in [0.1, 0.15) is 52.9 Å².